The van der Waals surface area contributed by atoms with Gasteiger partial charge in [-0.15, -0.1) is 0 Å². The van der Waals surface area contributed by atoms with Crippen LogP contribution in [0.5, 0.6) is 0 Å². The molecule has 0 spiro atoms. The fourth-order valence-electron chi connectivity index (χ4n) is 6.23. The van der Waals surface area contributed by atoms with Crippen LogP contribution in [0.1, 0.15) is 64.2 Å². The summed E-state index contributed by atoms with van der Waals surface area (Å²) in [6, 6.07) is 6.60. The Balaban J connectivity index is 1.22. The van der Waals surface area contributed by atoms with Crippen molar-refractivity contribution in [3.63, 3.8) is 0 Å². The average molecular weight is 524 g/mol. The zero-order valence-electron chi connectivity index (χ0n) is 20.5. The van der Waals surface area contributed by atoms with E-state index >= 15 is 0 Å². The minimum Gasteiger partial charge on any atom is -0.448 e. The summed E-state index contributed by atoms with van der Waals surface area (Å²) < 4.78 is 34.9. The Labute approximate surface area is 214 Å². The van der Waals surface area contributed by atoms with Crippen molar-refractivity contribution in [1.29, 1.82) is 0 Å². The summed E-state index contributed by atoms with van der Waals surface area (Å²) in [6.07, 6.45) is 10.2. The molecule has 9 heteroatoms. The van der Waals surface area contributed by atoms with Crippen molar-refractivity contribution in [3.8, 4) is 0 Å². The first-order chi connectivity index (χ1) is 16.9. The summed E-state index contributed by atoms with van der Waals surface area (Å²) in [7, 11) is -3.71. The standard InChI is InChI=1S/C26H38ClN3O4S/c27-21-9-11-24(12-10-21)35(32,33)30-23(5-4-6-25(30)20-7-8-20)19-34-26(31)29-17-13-22(14-18-29)28-15-2-1-3-16-28/h9-12,20,22-23,25H,1-8,13-19H2/t23-,25+/m1/s1. The molecule has 2 atom stereocenters. The van der Waals surface area contributed by atoms with Gasteiger partial charge in [0.2, 0.25) is 10.0 Å². The molecule has 4 fully saturated rings. The Morgan fingerprint density at radius 2 is 1.57 bits per heavy atom. The number of piperidine rings is 3. The molecule has 5 rings (SSSR count). The third-order valence-corrected chi connectivity index (χ3v) is 10.6. The monoisotopic (exact) mass is 523 g/mol. The van der Waals surface area contributed by atoms with E-state index in [-0.39, 0.29) is 29.7 Å². The molecule has 3 heterocycles. The van der Waals surface area contributed by atoms with Crippen LogP contribution in [0, 0.1) is 5.92 Å². The van der Waals surface area contributed by atoms with Gasteiger partial charge in [-0.3, -0.25) is 0 Å². The van der Waals surface area contributed by atoms with E-state index in [1.54, 1.807) is 33.5 Å². The molecule has 0 bridgehead atoms. The molecule has 1 aromatic rings. The van der Waals surface area contributed by atoms with Gasteiger partial charge in [0.1, 0.15) is 6.61 Å². The summed E-state index contributed by atoms with van der Waals surface area (Å²) in [6.45, 7) is 3.89. The summed E-state index contributed by atoms with van der Waals surface area (Å²) in [5.74, 6) is 0.407. The van der Waals surface area contributed by atoms with Gasteiger partial charge in [0.15, 0.2) is 0 Å². The lowest BCUT2D eigenvalue weighted by molar-refractivity contribution is 0.0430. The van der Waals surface area contributed by atoms with Crippen molar-refractivity contribution in [1.82, 2.24) is 14.1 Å². The highest BCUT2D eigenvalue weighted by Gasteiger charge is 2.46. The lowest BCUT2D eigenvalue weighted by Crippen LogP contribution is -2.53. The molecule has 0 unspecified atom stereocenters. The van der Waals surface area contributed by atoms with Crippen LogP contribution in [0.25, 0.3) is 0 Å². The van der Waals surface area contributed by atoms with Crippen LogP contribution in [-0.2, 0) is 14.8 Å². The lowest BCUT2D eigenvalue weighted by Gasteiger charge is -2.42. The molecule has 1 aliphatic carbocycles. The number of carbonyl (C=O) groups is 1. The lowest BCUT2D eigenvalue weighted by atomic mass is 9.96. The minimum absolute atomic E-state index is 0.0200. The van der Waals surface area contributed by atoms with Crippen molar-refractivity contribution < 1.29 is 17.9 Å². The molecule has 194 valence electrons. The van der Waals surface area contributed by atoms with Gasteiger partial charge in [0.25, 0.3) is 0 Å². The van der Waals surface area contributed by atoms with E-state index in [9.17, 15) is 13.2 Å². The van der Waals surface area contributed by atoms with Gasteiger partial charge in [-0.1, -0.05) is 24.4 Å². The largest absolute Gasteiger partial charge is 0.448 e. The SMILES string of the molecule is O=C(OC[C@H]1CCC[C@@H](C2CC2)N1S(=O)(=O)c1ccc(Cl)cc1)N1CCC(N2CCCCC2)CC1. The Morgan fingerprint density at radius 3 is 2.23 bits per heavy atom. The number of ether oxygens (including phenoxy) is 1. The highest BCUT2D eigenvalue weighted by molar-refractivity contribution is 7.89. The first-order valence-corrected chi connectivity index (χ1v) is 15.2. The minimum atomic E-state index is -3.71. The molecule has 1 amide bonds. The number of amides is 1. The maximum absolute atomic E-state index is 13.7. The van der Waals surface area contributed by atoms with Crippen molar-refractivity contribution in [2.24, 2.45) is 5.92 Å². The van der Waals surface area contributed by atoms with E-state index in [0.29, 0.717) is 36.5 Å². The molecule has 1 aromatic carbocycles. The van der Waals surface area contributed by atoms with Crippen LogP contribution in [0.2, 0.25) is 5.02 Å². The normalized spacial score (nSPS) is 27.6. The fourth-order valence-corrected chi connectivity index (χ4v) is 8.27. The first kappa shape index (κ1) is 25.3. The van der Waals surface area contributed by atoms with Gasteiger partial charge < -0.3 is 14.5 Å². The van der Waals surface area contributed by atoms with E-state index in [0.717, 1.165) is 38.5 Å². The second-order valence-electron chi connectivity index (χ2n) is 10.7. The van der Waals surface area contributed by atoms with Gasteiger partial charge >= 0.3 is 6.09 Å². The van der Waals surface area contributed by atoms with Crippen molar-refractivity contribution in [2.75, 3.05) is 32.8 Å². The predicted molar refractivity (Wildman–Crippen MR) is 136 cm³/mol. The molecule has 0 aromatic heterocycles. The number of benzene rings is 1. The number of likely N-dealkylation sites (tertiary alicyclic amines) is 2. The van der Waals surface area contributed by atoms with Gasteiger partial charge in [0.05, 0.1) is 10.9 Å². The zero-order valence-corrected chi connectivity index (χ0v) is 22.1. The smallest absolute Gasteiger partial charge is 0.409 e. The number of hydrogen-bond acceptors (Lipinski definition) is 5. The van der Waals surface area contributed by atoms with Crippen LogP contribution in [0.4, 0.5) is 4.79 Å². The van der Waals surface area contributed by atoms with Gasteiger partial charge in [-0.2, -0.15) is 4.31 Å². The Bertz CT molecular complexity index is 971. The molecule has 1 saturated carbocycles. The summed E-state index contributed by atoms with van der Waals surface area (Å²) >= 11 is 6.00. The highest BCUT2D eigenvalue weighted by Crippen LogP contribution is 2.43. The average Bonchev–Trinajstić information content (AvgIpc) is 3.73. The number of halogens is 1. The molecule has 7 nitrogen and oxygen atoms in total. The number of sulfonamides is 1. The van der Waals surface area contributed by atoms with Crippen LogP contribution in [0.3, 0.4) is 0 Å². The summed E-state index contributed by atoms with van der Waals surface area (Å²) in [5.41, 5.74) is 0. The van der Waals surface area contributed by atoms with E-state index in [1.807, 2.05) is 0 Å². The van der Waals surface area contributed by atoms with E-state index in [4.69, 9.17) is 16.3 Å². The number of hydrogen-bond donors (Lipinski definition) is 0. The molecule has 35 heavy (non-hydrogen) atoms. The summed E-state index contributed by atoms with van der Waals surface area (Å²) in [4.78, 5) is 17.6. The maximum atomic E-state index is 13.7. The van der Waals surface area contributed by atoms with Crippen LogP contribution >= 0.6 is 11.6 Å². The summed E-state index contributed by atoms with van der Waals surface area (Å²) in [5, 5.41) is 0.510. The molecule has 3 aliphatic heterocycles. The van der Waals surface area contributed by atoms with Crippen LogP contribution in [-0.4, -0.2) is 79.5 Å². The quantitative estimate of drug-likeness (QED) is 0.538. The van der Waals surface area contributed by atoms with Crippen molar-refractivity contribution in [3.05, 3.63) is 29.3 Å². The second kappa shape index (κ2) is 11.0. The Morgan fingerprint density at radius 1 is 0.886 bits per heavy atom. The second-order valence-corrected chi connectivity index (χ2v) is 12.9. The van der Waals surface area contributed by atoms with E-state index < -0.39 is 10.0 Å². The van der Waals surface area contributed by atoms with Crippen molar-refractivity contribution in [2.45, 2.75) is 87.2 Å². The van der Waals surface area contributed by atoms with Gasteiger partial charge in [-0.05, 0) is 94.6 Å². The first-order valence-electron chi connectivity index (χ1n) is 13.4. The fraction of sp³-hybridized carbons (Fsp3) is 0.731. The third kappa shape index (κ3) is 5.81. The molecule has 3 saturated heterocycles. The molecule has 0 N–H and O–H groups in total. The van der Waals surface area contributed by atoms with Gasteiger partial charge in [-0.25, -0.2) is 13.2 Å². The zero-order chi connectivity index (χ0) is 24.4. The van der Waals surface area contributed by atoms with E-state index in [2.05, 4.69) is 4.90 Å². The van der Waals surface area contributed by atoms with Gasteiger partial charge in [0, 0.05) is 30.2 Å². The van der Waals surface area contributed by atoms with Crippen LogP contribution < -0.4 is 0 Å². The van der Waals surface area contributed by atoms with Crippen LogP contribution in [0.15, 0.2) is 29.2 Å². The number of carbonyl (C=O) groups excluding carboxylic acids is 1. The number of nitrogens with zero attached hydrogens (tertiary/aromatic N) is 3. The van der Waals surface area contributed by atoms with Crippen molar-refractivity contribution >= 4 is 27.7 Å². The number of rotatable bonds is 6. The van der Waals surface area contributed by atoms with E-state index in [1.165, 1.54) is 32.4 Å². The molecular weight excluding hydrogens is 486 g/mol. The maximum Gasteiger partial charge on any atom is 0.409 e. The molecule has 0 radical (unpaired) electrons. The predicted octanol–water partition coefficient (Wildman–Crippen LogP) is 4.75. The Hall–Kier alpha value is -1.35. The molecule has 4 aliphatic rings. The molecular formula is C26H38ClN3O4S. The highest BCUT2D eigenvalue weighted by atomic mass is 35.5. The Kier molecular flexibility index (Phi) is 7.92. The third-order valence-electron chi connectivity index (χ3n) is 8.31. The topological polar surface area (TPSA) is 70.2 Å².